The summed E-state index contributed by atoms with van der Waals surface area (Å²) in [5.41, 5.74) is 1.23. The highest BCUT2D eigenvalue weighted by atomic mass is 16.5. The first kappa shape index (κ1) is 15.0. The molecule has 112 valence electrons. The van der Waals surface area contributed by atoms with Gasteiger partial charge in [-0.1, -0.05) is 24.9 Å². The first-order valence-electron chi connectivity index (χ1n) is 7.13. The number of aromatic nitrogens is 2. The topological polar surface area (TPSA) is 80.0 Å². The molecule has 1 amide bonds. The van der Waals surface area contributed by atoms with Crippen LogP contribution in [0, 0.1) is 6.92 Å². The van der Waals surface area contributed by atoms with Gasteiger partial charge >= 0.3 is 0 Å². The van der Waals surface area contributed by atoms with Crippen molar-refractivity contribution < 1.29 is 9.32 Å². The molecule has 6 nitrogen and oxygen atoms in total. The minimum absolute atomic E-state index is 0.305. The minimum Gasteiger partial charge on any atom is -0.385 e. The van der Waals surface area contributed by atoms with Crippen molar-refractivity contribution in [3.05, 3.63) is 35.9 Å². The van der Waals surface area contributed by atoms with Crippen LogP contribution in [0.25, 0.3) is 0 Å². The standard InChI is InChI=1S/C15H20N4O2/c1-3-4-5-7-16-12-6-8-17-13(10-12)15(20)18-14-9-11(2)21-19-14/h6,8-10H,3-5,7H2,1-2H3,(H,16,17)(H,18,19,20). The lowest BCUT2D eigenvalue weighted by Gasteiger charge is -2.07. The van der Waals surface area contributed by atoms with E-state index in [1.54, 1.807) is 25.3 Å². The maximum atomic E-state index is 12.1. The Labute approximate surface area is 123 Å². The van der Waals surface area contributed by atoms with E-state index in [9.17, 15) is 4.79 Å². The van der Waals surface area contributed by atoms with Crippen molar-refractivity contribution >= 4 is 17.4 Å². The van der Waals surface area contributed by atoms with Crippen molar-refractivity contribution in [2.24, 2.45) is 0 Å². The van der Waals surface area contributed by atoms with E-state index in [-0.39, 0.29) is 5.91 Å². The molecule has 0 atom stereocenters. The number of anilines is 2. The number of nitrogens with zero attached hydrogens (tertiary/aromatic N) is 2. The Balaban J connectivity index is 1.94. The molecule has 0 saturated heterocycles. The third-order valence-electron chi connectivity index (χ3n) is 2.97. The van der Waals surface area contributed by atoms with Crippen molar-refractivity contribution in [2.45, 2.75) is 33.1 Å². The number of unbranched alkanes of at least 4 members (excludes halogenated alkanes) is 2. The predicted octanol–water partition coefficient (Wildman–Crippen LogP) is 3.23. The molecule has 0 aromatic carbocycles. The summed E-state index contributed by atoms with van der Waals surface area (Å²) in [6.07, 6.45) is 5.10. The molecule has 0 fully saturated rings. The third kappa shape index (κ3) is 4.59. The summed E-state index contributed by atoms with van der Waals surface area (Å²) >= 11 is 0. The van der Waals surface area contributed by atoms with Crippen LogP contribution in [0.2, 0.25) is 0 Å². The van der Waals surface area contributed by atoms with E-state index >= 15 is 0 Å². The molecule has 0 unspecified atom stereocenters. The van der Waals surface area contributed by atoms with Crippen molar-refractivity contribution in [3.8, 4) is 0 Å². The zero-order valence-corrected chi connectivity index (χ0v) is 12.3. The first-order valence-corrected chi connectivity index (χ1v) is 7.13. The Morgan fingerprint density at radius 1 is 1.33 bits per heavy atom. The second kappa shape index (κ2) is 7.42. The monoisotopic (exact) mass is 288 g/mol. The highest BCUT2D eigenvalue weighted by Gasteiger charge is 2.10. The van der Waals surface area contributed by atoms with Crippen LogP contribution in [0.1, 0.15) is 42.4 Å². The number of pyridine rings is 1. The summed E-state index contributed by atoms with van der Waals surface area (Å²) in [6.45, 7) is 4.82. The van der Waals surface area contributed by atoms with Gasteiger partial charge in [0.2, 0.25) is 0 Å². The lowest BCUT2D eigenvalue weighted by molar-refractivity contribution is 0.102. The van der Waals surface area contributed by atoms with Gasteiger partial charge in [-0.25, -0.2) is 0 Å². The minimum atomic E-state index is -0.305. The number of amides is 1. The van der Waals surface area contributed by atoms with Crippen molar-refractivity contribution in [1.29, 1.82) is 0 Å². The maximum Gasteiger partial charge on any atom is 0.275 e. The van der Waals surface area contributed by atoms with E-state index in [4.69, 9.17) is 4.52 Å². The molecule has 0 aliphatic heterocycles. The van der Waals surface area contributed by atoms with Crippen LogP contribution in [-0.2, 0) is 0 Å². The Bertz CT molecular complexity index is 595. The van der Waals surface area contributed by atoms with E-state index in [0.717, 1.165) is 18.7 Å². The lowest BCUT2D eigenvalue weighted by atomic mass is 10.2. The summed E-state index contributed by atoms with van der Waals surface area (Å²) in [6, 6.07) is 5.24. The number of carbonyl (C=O) groups excluding carboxylic acids is 1. The fourth-order valence-corrected chi connectivity index (χ4v) is 1.88. The van der Waals surface area contributed by atoms with Gasteiger partial charge in [-0.05, 0) is 25.5 Å². The fourth-order valence-electron chi connectivity index (χ4n) is 1.88. The summed E-state index contributed by atoms with van der Waals surface area (Å²) in [4.78, 5) is 16.1. The van der Waals surface area contributed by atoms with Crippen molar-refractivity contribution in [2.75, 3.05) is 17.2 Å². The lowest BCUT2D eigenvalue weighted by Crippen LogP contribution is -2.14. The molecule has 0 spiro atoms. The molecule has 0 aliphatic rings. The smallest absolute Gasteiger partial charge is 0.275 e. The Morgan fingerprint density at radius 2 is 2.19 bits per heavy atom. The van der Waals surface area contributed by atoms with E-state index in [1.807, 2.05) is 6.07 Å². The second-order valence-corrected chi connectivity index (χ2v) is 4.84. The predicted molar refractivity (Wildman–Crippen MR) is 81.4 cm³/mol. The number of nitrogens with one attached hydrogen (secondary N) is 2. The van der Waals surface area contributed by atoms with Crippen LogP contribution in [-0.4, -0.2) is 22.6 Å². The summed E-state index contributed by atoms with van der Waals surface area (Å²) in [7, 11) is 0. The highest BCUT2D eigenvalue weighted by Crippen LogP contribution is 2.12. The molecule has 2 rings (SSSR count). The Hall–Kier alpha value is -2.37. The van der Waals surface area contributed by atoms with Gasteiger partial charge in [-0.2, -0.15) is 0 Å². The maximum absolute atomic E-state index is 12.1. The van der Waals surface area contributed by atoms with Gasteiger partial charge in [0.25, 0.3) is 5.91 Å². The van der Waals surface area contributed by atoms with Crippen LogP contribution in [0.3, 0.4) is 0 Å². The third-order valence-corrected chi connectivity index (χ3v) is 2.97. The van der Waals surface area contributed by atoms with Crippen molar-refractivity contribution in [3.63, 3.8) is 0 Å². The molecule has 2 heterocycles. The molecule has 2 aromatic heterocycles. The second-order valence-electron chi connectivity index (χ2n) is 4.84. The molecular weight excluding hydrogens is 268 g/mol. The van der Waals surface area contributed by atoms with Crippen LogP contribution in [0.4, 0.5) is 11.5 Å². The zero-order chi connectivity index (χ0) is 15.1. The molecule has 2 N–H and O–H groups in total. The molecule has 2 aromatic rings. The number of hydrogen-bond acceptors (Lipinski definition) is 5. The number of rotatable bonds is 7. The summed E-state index contributed by atoms with van der Waals surface area (Å²) in [5.74, 6) is 0.728. The van der Waals surface area contributed by atoms with Gasteiger partial charge < -0.3 is 15.2 Å². The van der Waals surface area contributed by atoms with Crippen LogP contribution >= 0.6 is 0 Å². The molecule has 0 bridgehead atoms. The van der Waals surface area contributed by atoms with E-state index in [1.165, 1.54) is 12.8 Å². The van der Waals surface area contributed by atoms with E-state index in [2.05, 4.69) is 27.7 Å². The molecule has 6 heteroatoms. The zero-order valence-electron chi connectivity index (χ0n) is 12.3. The summed E-state index contributed by atoms with van der Waals surface area (Å²) < 4.78 is 4.90. The van der Waals surface area contributed by atoms with Gasteiger partial charge in [-0.15, -0.1) is 0 Å². The molecular formula is C15H20N4O2. The van der Waals surface area contributed by atoms with Gasteiger partial charge in [0, 0.05) is 24.5 Å². The first-order chi connectivity index (χ1) is 10.2. The van der Waals surface area contributed by atoms with E-state index < -0.39 is 0 Å². The number of carbonyl (C=O) groups is 1. The molecule has 0 saturated carbocycles. The Kier molecular flexibility index (Phi) is 5.31. The largest absolute Gasteiger partial charge is 0.385 e. The van der Waals surface area contributed by atoms with Crippen LogP contribution in [0.5, 0.6) is 0 Å². The Morgan fingerprint density at radius 3 is 2.90 bits per heavy atom. The van der Waals surface area contributed by atoms with E-state index in [0.29, 0.717) is 17.3 Å². The van der Waals surface area contributed by atoms with Crippen molar-refractivity contribution in [1.82, 2.24) is 10.1 Å². The van der Waals surface area contributed by atoms with Crippen LogP contribution < -0.4 is 10.6 Å². The normalized spacial score (nSPS) is 10.4. The van der Waals surface area contributed by atoms with Gasteiger partial charge in [-0.3, -0.25) is 9.78 Å². The average Bonchev–Trinajstić information content (AvgIpc) is 2.89. The quantitative estimate of drug-likeness (QED) is 0.764. The van der Waals surface area contributed by atoms with Crippen LogP contribution in [0.15, 0.2) is 28.9 Å². The van der Waals surface area contributed by atoms with Gasteiger partial charge in [0.15, 0.2) is 5.82 Å². The van der Waals surface area contributed by atoms with Gasteiger partial charge in [0.05, 0.1) is 0 Å². The molecule has 0 radical (unpaired) electrons. The summed E-state index contributed by atoms with van der Waals surface area (Å²) in [5, 5.41) is 9.66. The van der Waals surface area contributed by atoms with Gasteiger partial charge in [0.1, 0.15) is 11.5 Å². The number of hydrogen-bond donors (Lipinski definition) is 2. The molecule has 0 aliphatic carbocycles. The average molecular weight is 288 g/mol. The SMILES string of the molecule is CCCCCNc1ccnc(C(=O)Nc2cc(C)on2)c1. The number of aryl methyl sites for hydroxylation is 1. The highest BCUT2D eigenvalue weighted by molar-refractivity contribution is 6.02. The molecule has 21 heavy (non-hydrogen) atoms. The fraction of sp³-hybridized carbons (Fsp3) is 0.400.